The van der Waals surface area contributed by atoms with Crippen molar-refractivity contribution in [3.63, 3.8) is 0 Å². The molecule has 1 amide bonds. The molecule has 1 aliphatic rings. The zero-order valence-electron chi connectivity index (χ0n) is 15.0. The van der Waals surface area contributed by atoms with E-state index in [0.29, 0.717) is 30.5 Å². The second kappa shape index (κ2) is 8.70. The molecule has 1 fully saturated rings. The number of aryl methyl sites for hydroxylation is 1. The maximum Gasteiger partial charge on any atom is 0.252 e. The lowest BCUT2D eigenvalue weighted by Gasteiger charge is -2.33. The van der Waals surface area contributed by atoms with Crippen LogP contribution in [-0.2, 0) is 21.2 Å². The first-order valence-corrected chi connectivity index (χ1v) is 11.4. The van der Waals surface area contributed by atoms with Crippen LogP contribution < -0.4 is 5.32 Å². The standard InChI is InChI=1S/C18H22ClN3O3S2/c1-2-14-4-3-5-15(12-14)20-17(23)13-21-8-10-22(11-9-21)27(24,25)18-7-6-16(19)26-18/h3-7,12H,2,8-11,13H2,1H3,(H,20,23). The summed E-state index contributed by atoms with van der Waals surface area (Å²) in [6.07, 6.45) is 0.912. The number of sulfonamides is 1. The lowest BCUT2D eigenvalue weighted by atomic mass is 10.1. The minimum absolute atomic E-state index is 0.0930. The fourth-order valence-electron chi connectivity index (χ4n) is 2.96. The number of carbonyl (C=O) groups is 1. The van der Waals surface area contributed by atoms with Crippen molar-refractivity contribution < 1.29 is 13.2 Å². The molecule has 27 heavy (non-hydrogen) atoms. The summed E-state index contributed by atoms with van der Waals surface area (Å²) in [5, 5.41) is 2.91. The molecule has 0 spiro atoms. The number of benzene rings is 1. The van der Waals surface area contributed by atoms with Gasteiger partial charge in [0.05, 0.1) is 10.9 Å². The summed E-state index contributed by atoms with van der Waals surface area (Å²) < 4.78 is 27.4. The number of hydrogen-bond donors (Lipinski definition) is 1. The molecule has 0 radical (unpaired) electrons. The number of halogens is 1. The minimum atomic E-state index is -3.51. The molecule has 0 atom stereocenters. The Kier molecular flexibility index (Phi) is 6.54. The first-order chi connectivity index (χ1) is 12.9. The van der Waals surface area contributed by atoms with E-state index in [9.17, 15) is 13.2 Å². The normalized spacial score (nSPS) is 16.4. The summed E-state index contributed by atoms with van der Waals surface area (Å²) >= 11 is 6.92. The van der Waals surface area contributed by atoms with Crippen LogP contribution in [0.5, 0.6) is 0 Å². The van der Waals surface area contributed by atoms with Crippen molar-refractivity contribution in [2.75, 3.05) is 38.0 Å². The van der Waals surface area contributed by atoms with E-state index in [0.717, 1.165) is 23.4 Å². The third-order valence-corrected chi connectivity index (χ3v) is 8.06. The van der Waals surface area contributed by atoms with Crippen LogP contribution >= 0.6 is 22.9 Å². The highest BCUT2D eigenvalue weighted by molar-refractivity contribution is 7.91. The molecule has 1 aromatic heterocycles. The van der Waals surface area contributed by atoms with Gasteiger partial charge in [-0.1, -0.05) is 30.7 Å². The molecule has 3 rings (SSSR count). The maximum absolute atomic E-state index is 12.6. The van der Waals surface area contributed by atoms with E-state index in [1.807, 2.05) is 29.2 Å². The van der Waals surface area contributed by atoms with Gasteiger partial charge >= 0.3 is 0 Å². The molecule has 0 saturated carbocycles. The van der Waals surface area contributed by atoms with Crippen LogP contribution in [0.4, 0.5) is 5.69 Å². The molecule has 0 aliphatic carbocycles. The van der Waals surface area contributed by atoms with Gasteiger partial charge < -0.3 is 5.32 Å². The number of nitrogens with one attached hydrogen (secondary N) is 1. The quantitative estimate of drug-likeness (QED) is 0.769. The first-order valence-electron chi connectivity index (χ1n) is 8.75. The lowest BCUT2D eigenvalue weighted by Crippen LogP contribution is -2.50. The van der Waals surface area contributed by atoms with Crippen LogP contribution in [-0.4, -0.2) is 56.3 Å². The summed E-state index contributed by atoms with van der Waals surface area (Å²) in [5.74, 6) is -0.0930. The van der Waals surface area contributed by atoms with Crippen molar-refractivity contribution in [1.82, 2.24) is 9.21 Å². The first kappa shape index (κ1) is 20.3. The van der Waals surface area contributed by atoms with Crippen LogP contribution in [0.15, 0.2) is 40.6 Å². The van der Waals surface area contributed by atoms with Crippen molar-refractivity contribution in [2.24, 2.45) is 0 Å². The van der Waals surface area contributed by atoms with Crippen LogP contribution in [0.3, 0.4) is 0 Å². The van der Waals surface area contributed by atoms with Crippen molar-refractivity contribution in [3.05, 3.63) is 46.3 Å². The van der Waals surface area contributed by atoms with Gasteiger partial charge in [-0.2, -0.15) is 4.31 Å². The highest BCUT2D eigenvalue weighted by atomic mass is 35.5. The molecule has 0 unspecified atom stereocenters. The fraction of sp³-hybridized carbons (Fsp3) is 0.389. The Morgan fingerprint density at radius 2 is 1.93 bits per heavy atom. The van der Waals surface area contributed by atoms with Gasteiger partial charge in [0.2, 0.25) is 5.91 Å². The van der Waals surface area contributed by atoms with Crippen molar-refractivity contribution in [3.8, 4) is 0 Å². The van der Waals surface area contributed by atoms with Crippen LogP contribution in [0.25, 0.3) is 0 Å². The van der Waals surface area contributed by atoms with E-state index in [-0.39, 0.29) is 16.7 Å². The van der Waals surface area contributed by atoms with E-state index < -0.39 is 10.0 Å². The number of hydrogen-bond acceptors (Lipinski definition) is 5. The minimum Gasteiger partial charge on any atom is -0.325 e. The average molecular weight is 428 g/mol. The number of nitrogens with zero attached hydrogens (tertiary/aromatic N) is 2. The summed E-state index contributed by atoms with van der Waals surface area (Å²) in [6.45, 7) is 4.06. The molecule has 146 valence electrons. The van der Waals surface area contributed by atoms with Gasteiger partial charge in [0.1, 0.15) is 4.21 Å². The summed E-state index contributed by atoms with van der Waals surface area (Å²) in [6, 6.07) is 10.9. The Hall–Kier alpha value is -1.45. The zero-order valence-corrected chi connectivity index (χ0v) is 17.4. The molecule has 2 aromatic rings. The number of piperazine rings is 1. The Balaban J connectivity index is 1.52. The van der Waals surface area contributed by atoms with Crippen molar-refractivity contribution >= 4 is 44.6 Å². The Labute approximate surface area is 168 Å². The van der Waals surface area contributed by atoms with E-state index >= 15 is 0 Å². The van der Waals surface area contributed by atoms with Gasteiger partial charge in [-0.25, -0.2) is 8.42 Å². The number of amides is 1. The molecule has 1 saturated heterocycles. The Morgan fingerprint density at radius 3 is 2.56 bits per heavy atom. The molecule has 9 heteroatoms. The number of rotatable bonds is 6. The van der Waals surface area contributed by atoms with E-state index in [1.165, 1.54) is 15.9 Å². The third-order valence-electron chi connectivity index (χ3n) is 4.46. The van der Waals surface area contributed by atoms with E-state index in [4.69, 9.17) is 11.6 Å². The monoisotopic (exact) mass is 427 g/mol. The van der Waals surface area contributed by atoms with Gasteiger partial charge in [0.25, 0.3) is 10.0 Å². The van der Waals surface area contributed by atoms with E-state index in [1.54, 1.807) is 6.07 Å². The van der Waals surface area contributed by atoms with Gasteiger partial charge in [-0.3, -0.25) is 9.69 Å². The molecule has 6 nitrogen and oxygen atoms in total. The third kappa shape index (κ3) is 5.08. The fourth-order valence-corrected chi connectivity index (χ4v) is 6.02. The summed E-state index contributed by atoms with van der Waals surface area (Å²) in [4.78, 5) is 14.3. The highest BCUT2D eigenvalue weighted by Crippen LogP contribution is 2.28. The summed E-state index contributed by atoms with van der Waals surface area (Å²) in [7, 11) is -3.51. The second-order valence-electron chi connectivity index (χ2n) is 6.34. The second-order valence-corrected chi connectivity index (χ2v) is 10.2. The van der Waals surface area contributed by atoms with Crippen LogP contribution in [0.2, 0.25) is 4.34 Å². The molecular weight excluding hydrogens is 406 g/mol. The van der Waals surface area contributed by atoms with Gasteiger partial charge in [-0.05, 0) is 36.2 Å². The Morgan fingerprint density at radius 1 is 1.19 bits per heavy atom. The van der Waals surface area contributed by atoms with Crippen molar-refractivity contribution in [2.45, 2.75) is 17.6 Å². The van der Waals surface area contributed by atoms with Crippen LogP contribution in [0.1, 0.15) is 12.5 Å². The predicted molar refractivity (Wildman–Crippen MR) is 109 cm³/mol. The summed E-state index contributed by atoms with van der Waals surface area (Å²) in [5.41, 5.74) is 1.95. The molecule has 0 bridgehead atoms. The average Bonchev–Trinajstić information content (AvgIpc) is 3.09. The smallest absolute Gasteiger partial charge is 0.252 e. The molecular formula is C18H22ClN3O3S2. The van der Waals surface area contributed by atoms with Gasteiger partial charge in [-0.15, -0.1) is 11.3 Å². The SMILES string of the molecule is CCc1cccc(NC(=O)CN2CCN(S(=O)(=O)c3ccc(Cl)s3)CC2)c1. The maximum atomic E-state index is 12.6. The zero-order chi connectivity index (χ0) is 19.4. The molecule has 2 heterocycles. The lowest BCUT2D eigenvalue weighted by molar-refractivity contribution is -0.117. The van der Waals surface area contributed by atoms with Gasteiger partial charge in [0, 0.05) is 31.9 Å². The van der Waals surface area contributed by atoms with Crippen molar-refractivity contribution in [1.29, 1.82) is 0 Å². The van der Waals surface area contributed by atoms with Crippen LogP contribution in [0, 0.1) is 0 Å². The Bertz CT molecular complexity index is 906. The largest absolute Gasteiger partial charge is 0.325 e. The molecule has 1 aromatic carbocycles. The highest BCUT2D eigenvalue weighted by Gasteiger charge is 2.30. The molecule has 1 aliphatic heterocycles. The number of thiophene rings is 1. The molecule has 1 N–H and O–H groups in total. The van der Waals surface area contributed by atoms with E-state index in [2.05, 4.69) is 12.2 Å². The van der Waals surface area contributed by atoms with Gasteiger partial charge in [0.15, 0.2) is 0 Å². The number of carbonyl (C=O) groups excluding carboxylic acids is 1. The number of anilines is 1. The predicted octanol–water partition coefficient (Wildman–Crippen LogP) is 2.91. The topological polar surface area (TPSA) is 69.7 Å².